The Morgan fingerprint density at radius 2 is 1.90 bits per heavy atom. The summed E-state index contributed by atoms with van der Waals surface area (Å²) in [4.78, 5) is 0. The van der Waals surface area contributed by atoms with Gasteiger partial charge in [-0.3, -0.25) is 0 Å². The van der Waals surface area contributed by atoms with Gasteiger partial charge in [-0.1, -0.05) is 12.1 Å². The van der Waals surface area contributed by atoms with Crippen LogP contribution in [0.5, 0.6) is 5.75 Å². The fraction of sp³-hybridized carbons (Fsp3) is 0.600. The minimum Gasteiger partial charge on any atom is -0.490 e. The molecular formula is C15H21NO3S. The van der Waals surface area contributed by atoms with E-state index in [2.05, 4.69) is 0 Å². The standard InChI is InChI=1S/C15H21NO3S/c16-15(9-11-7-8-20(17,18)10-11)12-1-3-13(4-2-12)19-14-5-6-14/h1-4,11,14-15H,5-10,16H2. The summed E-state index contributed by atoms with van der Waals surface area (Å²) in [7, 11) is -2.81. The van der Waals surface area contributed by atoms with Crippen LogP contribution in [0.1, 0.15) is 37.3 Å². The van der Waals surface area contributed by atoms with Gasteiger partial charge in [-0.15, -0.1) is 0 Å². The molecule has 1 aromatic rings. The van der Waals surface area contributed by atoms with E-state index in [1.54, 1.807) is 0 Å². The smallest absolute Gasteiger partial charge is 0.150 e. The summed E-state index contributed by atoms with van der Waals surface area (Å²) in [5.74, 6) is 1.71. The molecule has 0 spiro atoms. The van der Waals surface area contributed by atoms with Crippen LogP contribution in [-0.4, -0.2) is 26.0 Å². The van der Waals surface area contributed by atoms with Crippen molar-refractivity contribution < 1.29 is 13.2 Å². The zero-order valence-corrected chi connectivity index (χ0v) is 12.3. The van der Waals surface area contributed by atoms with Crippen molar-refractivity contribution in [3.63, 3.8) is 0 Å². The van der Waals surface area contributed by atoms with Gasteiger partial charge < -0.3 is 10.5 Å². The lowest BCUT2D eigenvalue weighted by Crippen LogP contribution is -2.16. The van der Waals surface area contributed by atoms with Crippen LogP contribution in [0.25, 0.3) is 0 Å². The highest BCUT2D eigenvalue weighted by Gasteiger charge is 2.29. The molecule has 1 saturated carbocycles. The number of nitrogens with two attached hydrogens (primary N) is 1. The number of hydrogen-bond donors (Lipinski definition) is 1. The fourth-order valence-electron chi connectivity index (χ4n) is 2.73. The van der Waals surface area contributed by atoms with Gasteiger partial charge in [0.2, 0.25) is 0 Å². The zero-order chi connectivity index (χ0) is 14.2. The molecule has 20 heavy (non-hydrogen) atoms. The predicted octanol–water partition coefficient (Wildman–Crippen LogP) is 2.05. The molecule has 0 radical (unpaired) electrons. The summed E-state index contributed by atoms with van der Waals surface area (Å²) >= 11 is 0. The van der Waals surface area contributed by atoms with Crippen molar-refractivity contribution in [1.29, 1.82) is 0 Å². The predicted molar refractivity (Wildman–Crippen MR) is 78.4 cm³/mol. The third-order valence-electron chi connectivity index (χ3n) is 4.05. The number of sulfone groups is 1. The first kappa shape index (κ1) is 13.9. The molecule has 2 atom stereocenters. The number of rotatable bonds is 5. The Bertz CT molecular complexity index is 563. The molecule has 2 aliphatic rings. The summed E-state index contributed by atoms with van der Waals surface area (Å²) in [5.41, 5.74) is 7.24. The Labute approximate surface area is 120 Å². The van der Waals surface area contributed by atoms with Gasteiger partial charge in [0.1, 0.15) is 5.75 Å². The quantitative estimate of drug-likeness (QED) is 0.902. The van der Waals surface area contributed by atoms with Gasteiger partial charge in [-0.25, -0.2) is 8.42 Å². The van der Waals surface area contributed by atoms with Crippen LogP contribution >= 0.6 is 0 Å². The van der Waals surface area contributed by atoms with E-state index in [9.17, 15) is 8.42 Å². The van der Waals surface area contributed by atoms with Gasteiger partial charge >= 0.3 is 0 Å². The van der Waals surface area contributed by atoms with Gasteiger partial charge in [-0.05, 0) is 49.3 Å². The van der Waals surface area contributed by atoms with Crippen molar-refractivity contribution in [3.05, 3.63) is 29.8 Å². The second kappa shape index (κ2) is 5.37. The van der Waals surface area contributed by atoms with E-state index in [0.717, 1.165) is 37.0 Å². The van der Waals surface area contributed by atoms with Crippen LogP contribution in [-0.2, 0) is 9.84 Å². The zero-order valence-electron chi connectivity index (χ0n) is 11.5. The molecule has 0 amide bonds. The van der Waals surface area contributed by atoms with E-state index < -0.39 is 9.84 Å². The third-order valence-corrected chi connectivity index (χ3v) is 5.89. The van der Waals surface area contributed by atoms with Crippen LogP contribution in [0, 0.1) is 5.92 Å². The van der Waals surface area contributed by atoms with Crippen molar-refractivity contribution in [1.82, 2.24) is 0 Å². The molecular weight excluding hydrogens is 274 g/mol. The van der Waals surface area contributed by atoms with Crippen LogP contribution in [0.15, 0.2) is 24.3 Å². The Morgan fingerprint density at radius 3 is 2.45 bits per heavy atom. The van der Waals surface area contributed by atoms with E-state index in [-0.39, 0.29) is 12.0 Å². The third kappa shape index (κ3) is 3.52. The fourth-order valence-corrected chi connectivity index (χ4v) is 4.61. The molecule has 1 aromatic carbocycles. The Kier molecular flexibility index (Phi) is 3.73. The Hall–Kier alpha value is -1.07. The SMILES string of the molecule is NC(CC1CCS(=O)(=O)C1)c1ccc(OC2CC2)cc1. The average Bonchev–Trinajstić information content (AvgIpc) is 3.14. The highest BCUT2D eigenvalue weighted by atomic mass is 32.2. The van der Waals surface area contributed by atoms with E-state index in [4.69, 9.17) is 10.5 Å². The first-order valence-electron chi connectivity index (χ1n) is 7.24. The summed E-state index contributed by atoms with van der Waals surface area (Å²) in [5, 5.41) is 0. The van der Waals surface area contributed by atoms with Crippen molar-refractivity contribution in [2.24, 2.45) is 11.7 Å². The maximum atomic E-state index is 11.5. The molecule has 0 aromatic heterocycles. The second-order valence-electron chi connectivity index (χ2n) is 6.00. The largest absolute Gasteiger partial charge is 0.490 e. The molecule has 5 heteroatoms. The van der Waals surface area contributed by atoms with Crippen molar-refractivity contribution in [2.75, 3.05) is 11.5 Å². The lowest BCUT2D eigenvalue weighted by atomic mass is 9.95. The van der Waals surface area contributed by atoms with E-state index in [1.807, 2.05) is 24.3 Å². The Balaban J connectivity index is 1.57. The Morgan fingerprint density at radius 1 is 1.20 bits per heavy atom. The van der Waals surface area contributed by atoms with Crippen LogP contribution in [0.2, 0.25) is 0 Å². The van der Waals surface area contributed by atoms with Gasteiger partial charge in [0.05, 0.1) is 17.6 Å². The summed E-state index contributed by atoms with van der Waals surface area (Å²) < 4.78 is 28.6. The lowest BCUT2D eigenvalue weighted by Gasteiger charge is -2.16. The molecule has 0 bridgehead atoms. The van der Waals surface area contributed by atoms with Crippen LogP contribution in [0.3, 0.4) is 0 Å². The van der Waals surface area contributed by atoms with Gasteiger partial charge in [0.25, 0.3) is 0 Å². The first-order valence-corrected chi connectivity index (χ1v) is 9.06. The molecule has 1 saturated heterocycles. The summed E-state index contributed by atoms with van der Waals surface area (Å²) in [6.07, 6.45) is 4.19. The highest BCUT2D eigenvalue weighted by molar-refractivity contribution is 7.91. The maximum Gasteiger partial charge on any atom is 0.150 e. The van der Waals surface area contributed by atoms with Crippen LogP contribution < -0.4 is 10.5 Å². The number of ether oxygens (including phenoxy) is 1. The molecule has 2 unspecified atom stereocenters. The molecule has 2 N–H and O–H groups in total. The van der Waals surface area contributed by atoms with Gasteiger partial charge in [0.15, 0.2) is 9.84 Å². The molecule has 2 fully saturated rings. The monoisotopic (exact) mass is 295 g/mol. The second-order valence-corrected chi connectivity index (χ2v) is 8.23. The lowest BCUT2D eigenvalue weighted by molar-refractivity contribution is 0.303. The van der Waals surface area contributed by atoms with Crippen molar-refractivity contribution in [2.45, 2.75) is 37.8 Å². The van der Waals surface area contributed by atoms with Gasteiger partial charge in [-0.2, -0.15) is 0 Å². The van der Waals surface area contributed by atoms with E-state index in [0.29, 0.717) is 17.6 Å². The number of hydrogen-bond acceptors (Lipinski definition) is 4. The minimum absolute atomic E-state index is 0.0942. The first-order chi connectivity index (χ1) is 9.52. The number of benzene rings is 1. The molecule has 3 rings (SSSR count). The maximum absolute atomic E-state index is 11.5. The van der Waals surface area contributed by atoms with E-state index in [1.165, 1.54) is 0 Å². The molecule has 110 valence electrons. The normalized spacial score (nSPS) is 26.4. The van der Waals surface area contributed by atoms with E-state index >= 15 is 0 Å². The molecule has 1 aliphatic carbocycles. The average molecular weight is 295 g/mol. The molecule has 1 heterocycles. The highest BCUT2D eigenvalue weighted by Crippen LogP contribution is 2.30. The molecule has 4 nitrogen and oxygen atoms in total. The van der Waals surface area contributed by atoms with Gasteiger partial charge in [0, 0.05) is 6.04 Å². The van der Waals surface area contributed by atoms with Crippen molar-refractivity contribution in [3.8, 4) is 5.75 Å². The minimum atomic E-state index is -2.81. The molecule has 1 aliphatic heterocycles. The topological polar surface area (TPSA) is 69.4 Å². The summed E-state index contributed by atoms with van der Waals surface area (Å²) in [6, 6.07) is 7.80. The van der Waals surface area contributed by atoms with Crippen LogP contribution in [0.4, 0.5) is 0 Å². The summed E-state index contributed by atoms with van der Waals surface area (Å²) in [6.45, 7) is 0. The van der Waals surface area contributed by atoms with Crippen molar-refractivity contribution >= 4 is 9.84 Å².